The second kappa shape index (κ2) is 9.95. The number of aryl methyl sites for hydroxylation is 1. The highest BCUT2D eigenvalue weighted by molar-refractivity contribution is 5.97. The summed E-state index contributed by atoms with van der Waals surface area (Å²) in [5.41, 5.74) is 2.46. The Balaban J connectivity index is 2.11. The first-order valence-corrected chi connectivity index (χ1v) is 9.10. The summed E-state index contributed by atoms with van der Waals surface area (Å²) in [5, 5.41) is 23.9. The maximum Gasteiger partial charge on any atom is 0.335 e. The van der Waals surface area contributed by atoms with Crippen LogP contribution in [0.3, 0.4) is 0 Å². The molecule has 0 bridgehead atoms. The highest BCUT2D eigenvalue weighted by Gasteiger charge is 2.17. The smallest absolute Gasteiger partial charge is 0.335 e. The van der Waals surface area contributed by atoms with Gasteiger partial charge in [-0.3, -0.25) is 4.79 Å². The molecule has 2 aromatic rings. The molecule has 0 aromatic heterocycles. The average Bonchev–Trinajstić information content (AvgIpc) is 2.70. The van der Waals surface area contributed by atoms with Crippen molar-refractivity contribution in [2.45, 2.75) is 26.8 Å². The molecule has 1 amide bonds. The van der Waals surface area contributed by atoms with Crippen molar-refractivity contribution in [2.24, 2.45) is 0 Å². The number of rotatable bonds is 8. The van der Waals surface area contributed by atoms with Crippen LogP contribution >= 0.6 is 0 Å². The van der Waals surface area contributed by atoms with Crippen molar-refractivity contribution in [3.63, 3.8) is 0 Å². The first kappa shape index (κ1) is 21.5. The lowest BCUT2D eigenvalue weighted by atomic mass is 10.0. The van der Waals surface area contributed by atoms with Crippen LogP contribution in [-0.4, -0.2) is 23.6 Å². The minimum atomic E-state index is -1.03. The van der Waals surface area contributed by atoms with Crippen LogP contribution in [0.5, 0.6) is 5.75 Å². The van der Waals surface area contributed by atoms with Gasteiger partial charge in [-0.1, -0.05) is 17.7 Å². The van der Waals surface area contributed by atoms with Crippen molar-refractivity contribution in [2.75, 3.05) is 11.9 Å². The van der Waals surface area contributed by atoms with Crippen molar-refractivity contribution in [3.05, 3.63) is 70.9 Å². The number of nitriles is 1. The van der Waals surface area contributed by atoms with Crippen molar-refractivity contribution < 1.29 is 19.4 Å². The van der Waals surface area contributed by atoms with Crippen LogP contribution in [0, 0.1) is 18.3 Å². The van der Waals surface area contributed by atoms with Gasteiger partial charge in [0, 0.05) is 17.5 Å². The molecular formula is C22H23N3O4. The molecule has 0 spiro atoms. The maximum atomic E-state index is 12.5. The Morgan fingerprint density at radius 2 is 1.93 bits per heavy atom. The zero-order valence-corrected chi connectivity index (χ0v) is 16.5. The number of carboxylic acids is 1. The molecule has 0 aliphatic carbocycles. The number of carbonyl (C=O) groups excluding carboxylic acids is 1. The summed E-state index contributed by atoms with van der Waals surface area (Å²) in [6.07, 6.45) is 1.29. The van der Waals surface area contributed by atoms with Crippen LogP contribution in [-0.2, 0) is 4.79 Å². The van der Waals surface area contributed by atoms with Crippen molar-refractivity contribution in [1.82, 2.24) is 5.32 Å². The molecule has 0 radical (unpaired) electrons. The van der Waals surface area contributed by atoms with Gasteiger partial charge in [-0.2, -0.15) is 5.26 Å². The highest BCUT2D eigenvalue weighted by atomic mass is 16.5. The molecule has 0 aliphatic heterocycles. The quantitative estimate of drug-likeness (QED) is 0.465. The van der Waals surface area contributed by atoms with E-state index in [1.807, 2.05) is 45.0 Å². The first-order chi connectivity index (χ1) is 13.8. The summed E-state index contributed by atoms with van der Waals surface area (Å²) in [7, 11) is 0. The van der Waals surface area contributed by atoms with Crippen LogP contribution in [0.15, 0.2) is 54.2 Å². The first-order valence-electron chi connectivity index (χ1n) is 9.10. The minimum absolute atomic E-state index is 0.107. The van der Waals surface area contributed by atoms with Crippen LogP contribution in [0.25, 0.3) is 0 Å². The van der Waals surface area contributed by atoms with E-state index in [1.54, 1.807) is 12.1 Å². The third kappa shape index (κ3) is 5.84. The Hall–Kier alpha value is -3.79. The lowest BCUT2D eigenvalue weighted by Gasteiger charge is -2.18. The summed E-state index contributed by atoms with van der Waals surface area (Å²) in [5.74, 6) is -0.871. The molecule has 7 heteroatoms. The zero-order valence-electron chi connectivity index (χ0n) is 16.5. The number of nitrogens with one attached hydrogen (secondary N) is 2. The Labute approximate surface area is 169 Å². The molecule has 2 aromatic carbocycles. The Bertz CT molecular complexity index is 959. The van der Waals surface area contributed by atoms with Crippen molar-refractivity contribution >= 4 is 17.6 Å². The Kier molecular flexibility index (Phi) is 7.38. The molecule has 7 nitrogen and oxygen atoms in total. The zero-order chi connectivity index (χ0) is 21.4. The van der Waals surface area contributed by atoms with Gasteiger partial charge in [0.2, 0.25) is 0 Å². The van der Waals surface area contributed by atoms with E-state index >= 15 is 0 Å². The molecular weight excluding hydrogens is 370 g/mol. The van der Waals surface area contributed by atoms with E-state index in [0.717, 1.165) is 11.1 Å². The lowest BCUT2D eigenvalue weighted by Crippen LogP contribution is -2.28. The van der Waals surface area contributed by atoms with Crippen LogP contribution < -0.4 is 15.4 Å². The maximum absolute atomic E-state index is 12.5. The summed E-state index contributed by atoms with van der Waals surface area (Å²) in [4.78, 5) is 23.4. The third-order valence-electron chi connectivity index (χ3n) is 4.16. The minimum Gasteiger partial charge on any atom is -0.494 e. The number of nitrogens with zero attached hydrogens (tertiary/aromatic N) is 1. The fraction of sp³-hybridized carbons (Fsp3) is 0.227. The fourth-order valence-corrected chi connectivity index (χ4v) is 2.66. The largest absolute Gasteiger partial charge is 0.494 e. The predicted octanol–water partition coefficient (Wildman–Crippen LogP) is 3.79. The summed E-state index contributed by atoms with van der Waals surface area (Å²) < 4.78 is 5.63. The third-order valence-corrected chi connectivity index (χ3v) is 4.16. The van der Waals surface area contributed by atoms with Gasteiger partial charge in [0.1, 0.15) is 17.4 Å². The summed E-state index contributed by atoms with van der Waals surface area (Å²) in [6, 6.07) is 13.2. The van der Waals surface area contributed by atoms with E-state index in [-0.39, 0.29) is 17.2 Å². The molecule has 1 unspecified atom stereocenters. The van der Waals surface area contributed by atoms with E-state index in [4.69, 9.17) is 9.84 Å². The van der Waals surface area contributed by atoms with Crippen molar-refractivity contribution in [1.29, 1.82) is 5.26 Å². The number of hydrogen-bond acceptors (Lipinski definition) is 5. The van der Waals surface area contributed by atoms with Crippen molar-refractivity contribution in [3.8, 4) is 11.8 Å². The van der Waals surface area contributed by atoms with Gasteiger partial charge >= 0.3 is 5.97 Å². The molecule has 2 rings (SSSR count). The molecule has 1 atom stereocenters. The molecule has 29 heavy (non-hydrogen) atoms. The molecule has 150 valence electrons. The summed E-state index contributed by atoms with van der Waals surface area (Å²) in [6.45, 7) is 6.17. The van der Waals surface area contributed by atoms with Gasteiger partial charge in [0.15, 0.2) is 0 Å². The number of amides is 1. The second-order valence-electron chi connectivity index (χ2n) is 6.37. The van der Waals surface area contributed by atoms with Gasteiger partial charge in [-0.05, 0) is 51.1 Å². The predicted molar refractivity (Wildman–Crippen MR) is 110 cm³/mol. The molecule has 0 heterocycles. The fourth-order valence-electron chi connectivity index (χ4n) is 2.66. The molecule has 0 fully saturated rings. The normalized spacial score (nSPS) is 11.9. The average molecular weight is 393 g/mol. The monoisotopic (exact) mass is 393 g/mol. The van der Waals surface area contributed by atoms with E-state index < -0.39 is 11.9 Å². The van der Waals surface area contributed by atoms with Gasteiger partial charge in [0.05, 0.1) is 18.2 Å². The summed E-state index contributed by atoms with van der Waals surface area (Å²) >= 11 is 0. The molecule has 0 saturated carbocycles. The number of benzene rings is 2. The van der Waals surface area contributed by atoms with E-state index in [9.17, 15) is 14.9 Å². The van der Waals surface area contributed by atoms with Gasteiger partial charge < -0.3 is 20.5 Å². The Morgan fingerprint density at radius 3 is 2.52 bits per heavy atom. The number of carboxylic acid groups (broad SMARTS) is 1. The standard InChI is InChI=1S/C22H23N3O4/c1-4-29-20-10-5-14(2)11-19(20)15(3)25-21(26)17(12-23)13-24-18-8-6-16(7-9-18)22(27)28/h5-11,13,15,24H,4H2,1-3H3,(H,25,26)(H,27,28)/b17-13-. The number of anilines is 1. The van der Waals surface area contributed by atoms with Crippen LogP contribution in [0.4, 0.5) is 5.69 Å². The SMILES string of the molecule is CCOc1ccc(C)cc1C(C)NC(=O)/C(C#N)=C\Nc1ccc(C(=O)O)cc1. The van der Waals surface area contributed by atoms with E-state index in [0.29, 0.717) is 18.0 Å². The topological polar surface area (TPSA) is 111 Å². The Morgan fingerprint density at radius 1 is 1.24 bits per heavy atom. The van der Waals surface area contributed by atoms with Crippen LogP contribution in [0.2, 0.25) is 0 Å². The van der Waals surface area contributed by atoms with Gasteiger partial charge in [0.25, 0.3) is 5.91 Å². The highest BCUT2D eigenvalue weighted by Crippen LogP contribution is 2.26. The number of ether oxygens (including phenoxy) is 1. The van der Waals surface area contributed by atoms with Gasteiger partial charge in [-0.25, -0.2) is 4.79 Å². The molecule has 0 saturated heterocycles. The van der Waals surface area contributed by atoms with E-state index in [2.05, 4.69) is 10.6 Å². The second-order valence-corrected chi connectivity index (χ2v) is 6.37. The number of aromatic carboxylic acids is 1. The molecule has 3 N–H and O–H groups in total. The lowest BCUT2D eigenvalue weighted by molar-refractivity contribution is -0.117. The molecule has 0 aliphatic rings. The van der Waals surface area contributed by atoms with Gasteiger partial charge in [-0.15, -0.1) is 0 Å². The van der Waals surface area contributed by atoms with E-state index in [1.165, 1.54) is 18.3 Å². The van der Waals surface area contributed by atoms with Crippen LogP contribution in [0.1, 0.15) is 41.4 Å². The number of hydrogen-bond donors (Lipinski definition) is 3. The number of carbonyl (C=O) groups is 2.